The zero-order chi connectivity index (χ0) is 32.0. The molecule has 43 heavy (non-hydrogen) atoms. The summed E-state index contributed by atoms with van der Waals surface area (Å²) < 4.78 is 10.4. The lowest BCUT2D eigenvalue weighted by Crippen LogP contribution is -2.74. The van der Waals surface area contributed by atoms with Gasteiger partial charge in [0.05, 0.1) is 13.2 Å². The molecule has 0 bridgehead atoms. The third-order valence-electron chi connectivity index (χ3n) is 7.87. The van der Waals surface area contributed by atoms with Gasteiger partial charge < -0.3 is 65.6 Å². The molecule has 1 aromatic rings. The van der Waals surface area contributed by atoms with Crippen molar-refractivity contribution < 1.29 is 80.0 Å². The van der Waals surface area contributed by atoms with Crippen LogP contribution < -0.4 is 0 Å². The van der Waals surface area contributed by atoms with Gasteiger partial charge in [-0.15, -0.1) is 0 Å². The molecule has 12 atom stereocenters. The van der Waals surface area contributed by atoms with Crippen molar-refractivity contribution in [3.05, 3.63) is 47.2 Å². The molecule has 0 amide bonds. The Morgan fingerprint density at radius 3 is 2.19 bits per heavy atom. The maximum absolute atomic E-state index is 13.8. The Kier molecular flexibility index (Phi) is 9.50. The molecule has 11 N–H and O–H groups in total. The van der Waals surface area contributed by atoms with E-state index in [0.29, 0.717) is 5.56 Å². The number of Topliss-reactive ketones (excluding diaryl/α,β-unsaturated/α-hetero) is 3. The summed E-state index contributed by atoms with van der Waals surface area (Å²) >= 11 is 0. The lowest BCUT2D eigenvalue weighted by Gasteiger charge is -2.48. The number of hydrogen-bond acceptors (Lipinski definition) is 16. The van der Waals surface area contributed by atoms with Gasteiger partial charge in [-0.2, -0.15) is 0 Å². The summed E-state index contributed by atoms with van der Waals surface area (Å²) in [7, 11) is 0. The normalized spacial score (nSPS) is 41.0. The second-order valence-electron chi connectivity index (χ2n) is 10.6. The number of ketones is 3. The molecule has 12 unspecified atom stereocenters. The van der Waals surface area contributed by atoms with Crippen molar-refractivity contribution in [3.8, 4) is 5.75 Å². The number of ether oxygens (including phenoxy) is 2. The predicted molar refractivity (Wildman–Crippen MR) is 138 cm³/mol. The number of allylic oxidation sites excluding steroid dienone is 1. The molecule has 1 saturated carbocycles. The quantitative estimate of drug-likeness (QED) is 0.0620. The highest BCUT2D eigenvalue weighted by atomic mass is 16.6. The number of phenols is 1. The largest absolute Gasteiger partial charge is 0.508 e. The highest BCUT2D eigenvalue weighted by Crippen LogP contribution is 2.40. The molecule has 2 aliphatic heterocycles. The fourth-order valence-electron chi connectivity index (χ4n) is 5.36. The summed E-state index contributed by atoms with van der Waals surface area (Å²) in [5.41, 5.74) is -4.59. The van der Waals surface area contributed by atoms with E-state index in [4.69, 9.17) is 9.47 Å². The highest BCUT2D eigenvalue weighted by molar-refractivity contribution is 6.39. The number of aliphatic hydroxyl groups excluding tert-OH is 9. The number of aromatic hydroxyl groups is 1. The monoisotopic (exact) mass is 612 g/mol. The van der Waals surface area contributed by atoms with Crippen LogP contribution in [0.1, 0.15) is 5.56 Å². The fourth-order valence-corrected chi connectivity index (χ4v) is 5.36. The lowest BCUT2D eigenvalue weighted by atomic mass is 9.65. The zero-order valence-corrected chi connectivity index (χ0v) is 22.2. The minimum Gasteiger partial charge on any atom is -0.508 e. The van der Waals surface area contributed by atoms with Crippen LogP contribution in [0.25, 0.3) is 6.08 Å². The molecule has 1 aromatic carbocycles. The van der Waals surface area contributed by atoms with Crippen LogP contribution in [0.15, 0.2) is 41.7 Å². The van der Waals surface area contributed by atoms with E-state index in [1.165, 1.54) is 30.3 Å². The maximum Gasteiger partial charge on any atom is 0.216 e. The highest BCUT2D eigenvalue weighted by Gasteiger charge is 2.67. The Balaban J connectivity index is 1.84. The van der Waals surface area contributed by atoms with Crippen molar-refractivity contribution in [3.63, 3.8) is 0 Å². The van der Waals surface area contributed by atoms with E-state index in [9.17, 15) is 70.6 Å². The van der Waals surface area contributed by atoms with E-state index in [1.807, 2.05) is 0 Å². The summed E-state index contributed by atoms with van der Waals surface area (Å²) in [6.45, 7) is -1.70. The molecular weight excluding hydrogens is 580 g/mol. The van der Waals surface area contributed by atoms with Crippen LogP contribution >= 0.6 is 0 Å². The minimum absolute atomic E-state index is 0.0953. The molecule has 2 heterocycles. The zero-order valence-electron chi connectivity index (χ0n) is 22.2. The predicted octanol–water partition coefficient (Wildman–Crippen LogP) is -5.03. The van der Waals surface area contributed by atoms with Crippen LogP contribution in [0.5, 0.6) is 5.75 Å². The molecule has 0 aromatic heterocycles. The Morgan fingerprint density at radius 1 is 0.953 bits per heavy atom. The first-order valence-corrected chi connectivity index (χ1v) is 13.1. The molecule has 0 spiro atoms. The number of phenolic OH excluding ortho intramolecular Hbond substituents is 1. The lowest BCUT2D eigenvalue weighted by molar-refractivity contribution is -0.263. The van der Waals surface area contributed by atoms with E-state index in [-0.39, 0.29) is 5.75 Å². The number of carbonyl (C=O) groups excluding carboxylic acids is 3. The van der Waals surface area contributed by atoms with E-state index >= 15 is 0 Å². The van der Waals surface area contributed by atoms with Crippen LogP contribution in [-0.4, -0.2) is 153 Å². The van der Waals surface area contributed by atoms with Gasteiger partial charge in [-0.25, -0.2) is 0 Å². The summed E-state index contributed by atoms with van der Waals surface area (Å²) in [5.74, 6) is -8.99. The molecule has 236 valence electrons. The first-order chi connectivity index (χ1) is 20.2. The maximum atomic E-state index is 13.8. The second kappa shape index (κ2) is 12.5. The number of hydrogen-bond donors (Lipinski definition) is 11. The van der Waals surface area contributed by atoms with Gasteiger partial charge in [0, 0.05) is 0 Å². The molecular formula is C27H32O16. The molecule has 1 aliphatic carbocycles. The van der Waals surface area contributed by atoms with Crippen LogP contribution in [0, 0.1) is 5.92 Å². The van der Waals surface area contributed by atoms with E-state index in [1.54, 1.807) is 0 Å². The van der Waals surface area contributed by atoms with Gasteiger partial charge in [-0.3, -0.25) is 14.4 Å². The van der Waals surface area contributed by atoms with Gasteiger partial charge in [-0.05, 0) is 23.8 Å². The first-order valence-electron chi connectivity index (χ1n) is 13.1. The SMILES string of the molecule is O=C1C(=C(O)C=Cc2ccc(O)cc2)C(=O)C(O)(C2OC(CO)C(O)C(O)C2O)C(=O)C1C(O)C1OCC(O)C(O)C1O. The van der Waals surface area contributed by atoms with Gasteiger partial charge in [0.25, 0.3) is 0 Å². The smallest absolute Gasteiger partial charge is 0.216 e. The van der Waals surface area contributed by atoms with Gasteiger partial charge >= 0.3 is 0 Å². The van der Waals surface area contributed by atoms with Crippen molar-refractivity contribution in [2.24, 2.45) is 5.92 Å². The van der Waals surface area contributed by atoms with Crippen molar-refractivity contribution in [2.75, 3.05) is 13.2 Å². The summed E-state index contributed by atoms with van der Waals surface area (Å²) in [6.07, 6.45) is -18.8. The molecule has 16 nitrogen and oxygen atoms in total. The Hall–Kier alpha value is -3.13. The van der Waals surface area contributed by atoms with Crippen molar-refractivity contribution in [2.45, 2.75) is 66.6 Å². The molecule has 4 rings (SSSR count). The minimum atomic E-state index is -3.65. The molecule has 3 fully saturated rings. The topological polar surface area (TPSA) is 292 Å². The number of aliphatic hydroxyl groups is 10. The van der Waals surface area contributed by atoms with E-state index < -0.39 is 114 Å². The number of benzene rings is 1. The molecule has 16 heteroatoms. The fraction of sp³-hybridized carbons (Fsp3) is 0.519. The summed E-state index contributed by atoms with van der Waals surface area (Å²) in [5, 5.41) is 114. The molecule has 0 radical (unpaired) electrons. The summed E-state index contributed by atoms with van der Waals surface area (Å²) in [6, 6.07) is 5.33. The Morgan fingerprint density at radius 2 is 1.58 bits per heavy atom. The average Bonchev–Trinajstić information content (AvgIpc) is 2.97. The van der Waals surface area contributed by atoms with Crippen LogP contribution in [0.2, 0.25) is 0 Å². The van der Waals surface area contributed by atoms with Crippen LogP contribution in [0.3, 0.4) is 0 Å². The number of carbonyl (C=O) groups is 3. The third kappa shape index (κ3) is 5.63. The summed E-state index contributed by atoms with van der Waals surface area (Å²) in [4.78, 5) is 41.0. The second-order valence-corrected chi connectivity index (χ2v) is 10.6. The molecule has 3 aliphatic rings. The first kappa shape index (κ1) is 32.8. The Bertz CT molecular complexity index is 1290. The van der Waals surface area contributed by atoms with Crippen molar-refractivity contribution in [1.82, 2.24) is 0 Å². The number of rotatable bonds is 6. The van der Waals surface area contributed by atoms with Gasteiger partial charge in [0.15, 0.2) is 11.6 Å². The van der Waals surface area contributed by atoms with Gasteiger partial charge in [0.2, 0.25) is 11.4 Å². The van der Waals surface area contributed by atoms with Crippen molar-refractivity contribution in [1.29, 1.82) is 0 Å². The van der Waals surface area contributed by atoms with Crippen LogP contribution in [0.4, 0.5) is 0 Å². The average molecular weight is 613 g/mol. The van der Waals surface area contributed by atoms with Gasteiger partial charge in [-0.1, -0.05) is 18.2 Å². The van der Waals surface area contributed by atoms with E-state index in [0.717, 1.165) is 6.08 Å². The van der Waals surface area contributed by atoms with Crippen molar-refractivity contribution >= 4 is 23.4 Å². The van der Waals surface area contributed by atoms with Gasteiger partial charge in [0.1, 0.15) is 84.0 Å². The standard InChI is InChI=1S/C27H32O16/c28-7-13-17(33)20(36)22(38)26(43-13)27(41)24(39)14(11(30)6-3-9-1-4-10(29)5-2-9)18(34)15(25(27)40)19(35)23-21(37)16(32)12(31)8-42-23/h1-6,12-13,15-17,19-23,26,28-33,35-38,41H,7-8H2. The van der Waals surface area contributed by atoms with E-state index in [2.05, 4.69) is 0 Å². The van der Waals surface area contributed by atoms with Crippen LogP contribution in [-0.2, 0) is 23.9 Å². The third-order valence-corrected chi connectivity index (χ3v) is 7.87. The Labute approximate surface area is 242 Å². The molecule has 2 saturated heterocycles.